The van der Waals surface area contributed by atoms with Gasteiger partial charge < -0.3 is 10.2 Å². The maximum Gasteiger partial charge on any atom is 0.242 e. The summed E-state index contributed by atoms with van der Waals surface area (Å²) in [6.07, 6.45) is 8.11. The van der Waals surface area contributed by atoms with Gasteiger partial charge in [0.25, 0.3) is 0 Å². The van der Waals surface area contributed by atoms with Gasteiger partial charge in [0.05, 0.1) is 0 Å². The van der Waals surface area contributed by atoms with Crippen molar-refractivity contribution < 1.29 is 9.59 Å². The molecule has 1 aromatic rings. The van der Waals surface area contributed by atoms with Gasteiger partial charge in [0.15, 0.2) is 0 Å². The molecule has 1 heterocycles. The van der Waals surface area contributed by atoms with Crippen molar-refractivity contribution in [3.05, 3.63) is 35.4 Å². The van der Waals surface area contributed by atoms with Crippen molar-refractivity contribution in [2.24, 2.45) is 5.92 Å². The van der Waals surface area contributed by atoms with Crippen LogP contribution in [0, 0.1) is 12.8 Å². The smallest absolute Gasteiger partial charge is 0.242 e. The SMILES string of the molecule is Cc1ccc(CCNC(=O)[C@H]2CCCN2C(=O)C2CCCCC2)cc1. The van der Waals surface area contributed by atoms with Gasteiger partial charge in [-0.1, -0.05) is 49.1 Å². The van der Waals surface area contributed by atoms with E-state index >= 15 is 0 Å². The molecule has 1 N–H and O–H groups in total. The standard InChI is InChI=1S/C21H30N2O2/c1-16-9-11-17(12-10-16)13-14-22-20(24)19-8-5-15-23(19)21(25)18-6-3-2-4-7-18/h9-12,18-19H,2-8,13-15H2,1H3,(H,22,24)/t19-/m1/s1. The van der Waals surface area contributed by atoms with E-state index in [2.05, 4.69) is 36.5 Å². The Morgan fingerprint density at radius 3 is 2.48 bits per heavy atom. The van der Waals surface area contributed by atoms with Crippen molar-refractivity contribution in [2.45, 2.75) is 64.3 Å². The van der Waals surface area contributed by atoms with Gasteiger partial charge >= 0.3 is 0 Å². The fourth-order valence-electron chi connectivity index (χ4n) is 4.09. The summed E-state index contributed by atoms with van der Waals surface area (Å²) in [5.41, 5.74) is 2.48. The maximum absolute atomic E-state index is 12.8. The lowest BCUT2D eigenvalue weighted by atomic mass is 9.88. The van der Waals surface area contributed by atoms with E-state index in [0.717, 1.165) is 51.5 Å². The summed E-state index contributed by atoms with van der Waals surface area (Å²) in [4.78, 5) is 27.2. The van der Waals surface area contributed by atoms with Crippen LogP contribution in [-0.4, -0.2) is 35.8 Å². The molecule has 1 atom stereocenters. The summed E-state index contributed by atoms with van der Waals surface area (Å²) in [6, 6.07) is 8.15. The molecule has 1 saturated heterocycles. The first-order valence-corrected chi connectivity index (χ1v) is 9.79. The Balaban J connectivity index is 1.50. The summed E-state index contributed by atoms with van der Waals surface area (Å²) in [5, 5.41) is 3.04. The largest absolute Gasteiger partial charge is 0.354 e. The number of carbonyl (C=O) groups excluding carboxylic acids is 2. The minimum absolute atomic E-state index is 0.0220. The Bertz CT molecular complexity index is 590. The fourth-order valence-corrected chi connectivity index (χ4v) is 4.09. The molecule has 0 bridgehead atoms. The second-order valence-electron chi connectivity index (χ2n) is 7.55. The van der Waals surface area contributed by atoms with Crippen LogP contribution in [0.25, 0.3) is 0 Å². The number of rotatable bonds is 5. The van der Waals surface area contributed by atoms with Crippen LogP contribution in [0.4, 0.5) is 0 Å². The summed E-state index contributed by atoms with van der Waals surface area (Å²) in [6.45, 7) is 3.44. The molecule has 1 aliphatic heterocycles. The Labute approximate surface area is 151 Å². The zero-order valence-corrected chi connectivity index (χ0v) is 15.3. The Morgan fingerprint density at radius 1 is 1.04 bits per heavy atom. The van der Waals surface area contributed by atoms with Crippen molar-refractivity contribution in [1.29, 1.82) is 0 Å². The van der Waals surface area contributed by atoms with Crippen LogP contribution < -0.4 is 5.32 Å². The lowest BCUT2D eigenvalue weighted by Gasteiger charge is -2.30. The molecule has 4 heteroatoms. The predicted molar refractivity (Wildman–Crippen MR) is 99.2 cm³/mol. The van der Waals surface area contributed by atoms with E-state index in [4.69, 9.17) is 0 Å². The number of aryl methyl sites for hydroxylation is 1. The van der Waals surface area contributed by atoms with Crippen LogP contribution >= 0.6 is 0 Å². The van der Waals surface area contributed by atoms with Gasteiger partial charge in [0.2, 0.25) is 11.8 Å². The number of carbonyl (C=O) groups is 2. The fraction of sp³-hybridized carbons (Fsp3) is 0.619. The Kier molecular flexibility index (Phi) is 6.11. The van der Waals surface area contributed by atoms with Crippen LogP contribution in [0.5, 0.6) is 0 Å². The number of hydrogen-bond acceptors (Lipinski definition) is 2. The highest BCUT2D eigenvalue weighted by Crippen LogP contribution is 2.28. The van der Waals surface area contributed by atoms with E-state index in [9.17, 15) is 9.59 Å². The quantitative estimate of drug-likeness (QED) is 0.893. The second kappa shape index (κ2) is 8.50. The zero-order chi connectivity index (χ0) is 17.6. The average molecular weight is 342 g/mol. The van der Waals surface area contributed by atoms with E-state index in [1.165, 1.54) is 17.5 Å². The molecule has 1 saturated carbocycles. The molecule has 1 aromatic carbocycles. The number of nitrogens with one attached hydrogen (secondary N) is 1. The van der Waals surface area contributed by atoms with Crippen molar-refractivity contribution in [3.8, 4) is 0 Å². The third-order valence-electron chi connectivity index (χ3n) is 5.63. The first kappa shape index (κ1) is 18.0. The summed E-state index contributed by atoms with van der Waals surface area (Å²) in [7, 11) is 0. The van der Waals surface area contributed by atoms with Gasteiger partial charge in [-0.15, -0.1) is 0 Å². The van der Waals surface area contributed by atoms with Crippen LogP contribution in [0.3, 0.4) is 0 Å². The molecule has 25 heavy (non-hydrogen) atoms. The van der Waals surface area contributed by atoms with Gasteiger partial charge in [-0.05, 0) is 44.6 Å². The summed E-state index contributed by atoms with van der Waals surface area (Å²) in [5.74, 6) is 0.388. The molecule has 0 radical (unpaired) electrons. The first-order chi connectivity index (χ1) is 12.1. The van der Waals surface area contributed by atoms with Gasteiger partial charge in [-0.2, -0.15) is 0 Å². The zero-order valence-electron chi connectivity index (χ0n) is 15.3. The van der Waals surface area contributed by atoms with E-state index in [1.807, 2.05) is 4.90 Å². The summed E-state index contributed by atoms with van der Waals surface area (Å²) >= 11 is 0. The highest BCUT2D eigenvalue weighted by Gasteiger charge is 2.37. The highest BCUT2D eigenvalue weighted by atomic mass is 16.2. The van der Waals surface area contributed by atoms with Crippen LogP contribution in [0.1, 0.15) is 56.1 Å². The molecule has 0 spiro atoms. The van der Waals surface area contributed by atoms with Crippen LogP contribution in [-0.2, 0) is 16.0 Å². The maximum atomic E-state index is 12.8. The minimum Gasteiger partial charge on any atom is -0.354 e. The lowest BCUT2D eigenvalue weighted by molar-refractivity contribution is -0.142. The number of amides is 2. The minimum atomic E-state index is -0.257. The third kappa shape index (κ3) is 4.62. The van der Waals surface area contributed by atoms with Gasteiger partial charge in [-0.3, -0.25) is 9.59 Å². The van der Waals surface area contributed by atoms with E-state index in [-0.39, 0.29) is 23.8 Å². The number of likely N-dealkylation sites (tertiary alicyclic amines) is 1. The summed E-state index contributed by atoms with van der Waals surface area (Å²) < 4.78 is 0. The topological polar surface area (TPSA) is 49.4 Å². The monoisotopic (exact) mass is 342 g/mol. The van der Waals surface area contributed by atoms with E-state index in [1.54, 1.807) is 0 Å². The first-order valence-electron chi connectivity index (χ1n) is 9.79. The normalized spacial score (nSPS) is 21.3. The molecule has 2 aliphatic rings. The molecule has 0 aromatic heterocycles. The number of benzene rings is 1. The van der Waals surface area contributed by atoms with Crippen molar-refractivity contribution in [1.82, 2.24) is 10.2 Å². The Morgan fingerprint density at radius 2 is 1.76 bits per heavy atom. The molecule has 136 valence electrons. The molecule has 3 rings (SSSR count). The Hall–Kier alpha value is -1.84. The van der Waals surface area contributed by atoms with E-state index < -0.39 is 0 Å². The van der Waals surface area contributed by atoms with Gasteiger partial charge in [-0.25, -0.2) is 0 Å². The van der Waals surface area contributed by atoms with E-state index in [0.29, 0.717) is 6.54 Å². The second-order valence-corrected chi connectivity index (χ2v) is 7.55. The van der Waals surface area contributed by atoms with Crippen LogP contribution in [0.15, 0.2) is 24.3 Å². The van der Waals surface area contributed by atoms with Crippen molar-refractivity contribution in [3.63, 3.8) is 0 Å². The molecule has 2 fully saturated rings. The van der Waals surface area contributed by atoms with Gasteiger partial charge in [0, 0.05) is 19.0 Å². The molecule has 1 aliphatic carbocycles. The van der Waals surface area contributed by atoms with Crippen molar-refractivity contribution in [2.75, 3.05) is 13.1 Å². The highest BCUT2D eigenvalue weighted by molar-refractivity contribution is 5.89. The number of nitrogens with zero attached hydrogens (tertiary/aromatic N) is 1. The molecular formula is C21H30N2O2. The number of hydrogen-bond donors (Lipinski definition) is 1. The van der Waals surface area contributed by atoms with Crippen LogP contribution in [0.2, 0.25) is 0 Å². The third-order valence-corrected chi connectivity index (χ3v) is 5.63. The molecule has 2 amide bonds. The predicted octanol–water partition coefficient (Wildman–Crippen LogP) is 3.23. The molecular weight excluding hydrogens is 312 g/mol. The average Bonchev–Trinajstić information content (AvgIpc) is 3.13. The lowest BCUT2D eigenvalue weighted by Crippen LogP contribution is -2.48. The van der Waals surface area contributed by atoms with Gasteiger partial charge in [0.1, 0.15) is 6.04 Å². The molecule has 0 unspecified atom stereocenters. The van der Waals surface area contributed by atoms with Crippen molar-refractivity contribution >= 4 is 11.8 Å². The molecule has 4 nitrogen and oxygen atoms in total.